The van der Waals surface area contributed by atoms with E-state index in [2.05, 4.69) is 4.98 Å². The molecule has 3 aliphatic rings. The minimum absolute atomic E-state index is 0.0655. The highest BCUT2D eigenvalue weighted by Gasteiger charge is 2.33. The largest absolute Gasteiger partial charge is 0.312 e. The zero-order valence-electron chi connectivity index (χ0n) is 16.8. The fourth-order valence-corrected chi connectivity index (χ4v) is 4.68. The Labute approximate surface area is 175 Å². The number of carbonyl (C=O) groups is 3. The van der Waals surface area contributed by atoms with Crippen LogP contribution in [0, 0.1) is 0 Å². The van der Waals surface area contributed by atoms with Gasteiger partial charge < -0.3 is 14.7 Å². The molecule has 7 nitrogen and oxygen atoms in total. The minimum atomic E-state index is 0.0655. The molecule has 2 aromatic rings. The van der Waals surface area contributed by atoms with Gasteiger partial charge in [0.25, 0.3) is 0 Å². The Morgan fingerprint density at radius 3 is 1.70 bits per heavy atom. The molecule has 0 aliphatic carbocycles. The van der Waals surface area contributed by atoms with Crippen LogP contribution in [0.25, 0.3) is 11.1 Å². The molecule has 0 radical (unpaired) electrons. The third kappa shape index (κ3) is 3.14. The summed E-state index contributed by atoms with van der Waals surface area (Å²) in [6.45, 7) is 1.93. The van der Waals surface area contributed by atoms with Crippen LogP contribution in [0.3, 0.4) is 0 Å². The summed E-state index contributed by atoms with van der Waals surface area (Å²) >= 11 is 0. The minimum Gasteiger partial charge on any atom is -0.312 e. The molecular formula is C23H24N4O3. The Morgan fingerprint density at radius 2 is 1.23 bits per heavy atom. The van der Waals surface area contributed by atoms with Crippen LogP contribution in [-0.2, 0) is 14.4 Å². The summed E-state index contributed by atoms with van der Waals surface area (Å²) in [4.78, 5) is 47.5. The fourth-order valence-electron chi connectivity index (χ4n) is 4.68. The van der Waals surface area contributed by atoms with Crippen LogP contribution in [0.2, 0.25) is 0 Å². The van der Waals surface area contributed by atoms with Crippen molar-refractivity contribution >= 4 is 34.8 Å². The maximum atomic E-state index is 12.6. The van der Waals surface area contributed by atoms with Crippen LogP contribution in [0.4, 0.5) is 17.1 Å². The molecule has 1 aromatic heterocycles. The van der Waals surface area contributed by atoms with Gasteiger partial charge in [-0.15, -0.1) is 0 Å². The van der Waals surface area contributed by atoms with E-state index in [0.29, 0.717) is 38.9 Å². The second-order valence-corrected chi connectivity index (χ2v) is 8.05. The van der Waals surface area contributed by atoms with Crippen molar-refractivity contribution in [3.05, 3.63) is 36.7 Å². The molecule has 1 aromatic carbocycles. The van der Waals surface area contributed by atoms with Gasteiger partial charge in [-0.05, 0) is 37.5 Å². The molecular weight excluding hydrogens is 380 g/mol. The molecule has 3 saturated heterocycles. The third-order valence-corrected chi connectivity index (χ3v) is 6.16. The maximum absolute atomic E-state index is 12.6. The van der Waals surface area contributed by atoms with Gasteiger partial charge in [0.1, 0.15) is 0 Å². The van der Waals surface area contributed by atoms with E-state index in [1.807, 2.05) is 29.2 Å². The number of carbonyl (C=O) groups excluding carboxylic acids is 3. The molecule has 0 N–H and O–H groups in total. The predicted molar refractivity (Wildman–Crippen MR) is 114 cm³/mol. The molecule has 5 rings (SSSR count). The first kappa shape index (κ1) is 18.8. The van der Waals surface area contributed by atoms with Crippen molar-refractivity contribution in [3.63, 3.8) is 0 Å². The first-order valence-electron chi connectivity index (χ1n) is 10.6. The zero-order valence-corrected chi connectivity index (χ0v) is 16.8. The Bertz CT molecular complexity index is 1020. The van der Waals surface area contributed by atoms with Crippen molar-refractivity contribution in [1.29, 1.82) is 0 Å². The molecule has 3 amide bonds. The Morgan fingerprint density at radius 1 is 0.700 bits per heavy atom. The number of amides is 3. The van der Waals surface area contributed by atoms with Gasteiger partial charge in [0.15, 0.2) is 0 Å². The van der Waals surface area contributed by atoms with E-state index in [4.69, 9.17) is 0 Å². The molecule has 0 unspecified atom stereocenters. The third-order valence-electron chi connectivity index (χ3n) is 6.16. The number of pyridine rings is 1. The van der Waals surface area contributed by atoms with Crippen LogP contribution in [0.15, 0.2) is 36.7 Å². The highest BCUT2D eigenvalue weighted by atomic mass is 16.2. The molecule has 7 heteroatoms. The SMILES string of the molecule is O=C1CCCN1c1cc(N2CCCC2=O)c(N2CCCC2=O)cc1-c1cccnc1. The Kier molecular flexibility index (Phi) is 4.73. The monoisotopic (exact) mass is 404 g/mol. The number of anilines is 3. The second kappa shape index (κ2) is 7.55. The smallest absolute Gasteiger partial charge is 0.227 e. The van der Waals surface area contributed by atoms with Crippen molar-refractivity contribution in [2.45, 2.75) is 38.5 Å². The van der Waals surface area contributed by atoms with Crippen LogP contribution in [0.5, 0.6) is 0 Å². The summed E-state index contributed by atoms with van der Waals surface area (Å²) in [7, 11) is 0. The van der Waals surface area contributed by atoms with E-state index in [1.165, 1.54) is 0 Å². The summed E-state index contributed by atoms with van der Waals surface area (Å²) in [6.07, 6.45) is 7.46. The van der Waals surface area contributed by atoms with Crippen LogP contribution >= 0.6 is 0 Å². The van der Waals surface area contributed by atoms with Crippen molar-refractivity contribution in [3.8, 4) is 11.1 Å². The van der Waals surface area contributed by atoms with Crippen molar-refractivity contribution in [2.75, 3.05) is 34.3 Å². The summed E-state index contributed by atoms with van der Waals surface area (Å²) in [6, 6.07) is 7.74. The average Bonchev–Trinajstić information content (AvgIpc) is 3.49. The van der Waals surface area contributed by atoms with Crippen molar-refractivity contribution in [1.82, 2.24) is 4.98 Å². The molecule has 154 valence electrons. The molecule has 0 spiro atoms. The number of nitrogens with zero attached hydrogens (tertiary/aromatic N) is 4. The number of hydrogen-bond acceptors (Lipinski definition) is 4. The lowest BCUT2D eigenvalue weighted by Gasteiger charge is -2.29. The Balaban J connectivity index is 1.74. The van der Waals surface area contributed by atoms with Gasteiger partial charge in [0, 0.05) is 62.4 Å². The molecule has 0 atom stereocenters. The topological polar surface area (TPSA) is 73.8 Å². The number of aromatic nitrogens is 1. The highest BCUT2D eigenvalue weighted by molar-refractivity contribution is 6.08. The lowest BCUT2D eigenvalue weighted by molar-refractivity contribution is -0.118. The molecule has 3 aliphatic heterocycles. The van der Waals surface area contributed by atoms with Crippen LogP contribution < -0.4 is 14.7 Å². The lowest BCUT2D eigenvalue weighted by atomic mass is 10.0. The van der Waals surface area contributed by atoms with Crippen molar-refractivity contribution in [2.24, 2.45) is 0 Å². The normalized spacial score (nSPS) is 19.5. The van der Waals surface area contributed by atoms with Gasteiger partial charge in [0.05, 0.1) is 17.1 Å². The van der Waals surface area contributed by atoms with Gasteiger partial charge in [-0.2, -0.15) is 0 Å². The fraction of sp³-hybridized carbons (Fsp3) is 0.391. The molecule has 30 heavy (non-hydrogen) atoms. The van der Waals surface area contributed by atoms with Crippen LogP contribution in [-0.4, -0.2) is 42.3 Å². The van der Waals surface area contributed by atoms with Crippen molar-refractivity contribution < 1.29 is 14.4 Å². The van der Waals surface area contributed by atoms with E-state index in [9.17, 15) is 14.4 Å². The van der Waals surface area contributed by atoms with Gasteiger partial charge in [0.2, 0.25) is 17.7 Å². The lowest BCUT2D eigenvalue weighted by Crippen LogP contribution is -2.31. The maximum Gasteiger partial charge on any atom is 0.227 e. The van der Waals surface area contributed by atoms with E-state index in [-0.39, 0.29) is 17.7 Å². The van der Waals surface area contributed by atoms with E-state index in [1.54, 1.807) is 22.2 Å². The number of rotatable bonds is 4. The first-order chi connectivity index (χ1) is 14.6. The number of benzene rings is 1. The second-order valence-electron chi connectivity index (χ2n) is 8.05. The standard InChI is InChI=1S/C23H24N4O3/c28-21-6-2-10-25(21)18-14-20(27-12-4-8-23(27)30)19(26-11-3-7-22(26)29)13-17(18)16-5-1-9-24-15-16/h1,5,9,13-15H,2-4,6-8,10-12H2. The van der Waals surface area contributed by atoms with Gasteiger partial charge in [-0.3, -0.25) is 19.4 Å². The molecule has 4 heterocycles. The predicted octanol–water partition coefficient (Wildman–Crippen LogP) is 3.13. The van der Waals surface area contributed by atoms with Gasteiger partial charge >= 0.3 is 0 Å². The molecule has 0 saturated carbocycles. The van der Waals surface area contributed by atoms with E-state index in [0.717, 1.165) is 47.5 Å². The molecule has 3 fully saturated rings. The van der Waals surface area contributed by atoms with Gasteiger partial charge in [-0.1, -0.05) is 6.07 Å². The summed E-state index contributed by atoms with van der Waals surface area (Å²) in [5, 5.41) is 0. The van der Waals surface area contributed by atoms with Gasteiger partial charge in [-0.25, -0.2) is 0 Å². The summed E-state index contributed by atoms with van der Waals surface area (Å²) in [5.41, 5.74) is 4.02. The summed E-state index contributed by atoms with van der Waals surface area (Å²) in [5.74, 6) is 0.226. The quantitative estimate of drug-likeness (QED) is 0.785. The Hall–Kier alpha value is -3.22. The summed E-state index contributed by atoms with van der Waals surface area (Å²) < 4.78 is 0. The zero-order chi connectivity index (χ0) is 20.7. The van der Waals surface area contributed by atoms with E-state index < -0.39 is 0 Å². The van der Waals surface area contributed by atoms with E-state index >= 15 is 0 Å². The average molecular weight is 404 g/mol. The van der Waals surface area contributed by atoms with Crippen LogP contribution in [0.1, 0.15) is 38.5 Å². The first-order valence-corrected chi connectivity index (χ1v) is 10.6. The molecule has 0 bridgehead atoms. The number of hydrogen-bond donors (Lipinski definition) is 0. The highest BCUT2D eigenvalue weighted by Crippen LogP contribution is 2.44.